The highest BCUT2D eigenvalue weighted by atomic mass is 35.5. The van der Waals surface area contributed by atoms with Crippen molar-refractivity contribution in [1.82, 2.24) is 0 Å². The molecule has 0 saturated heterocycles. The van der Waals surface area contributed by atoms with E-state index in [1.165, 1.54) is 116 Å². The number of aryl methyl sites for hydroxylation is 1. The van der Waals surface area contributed by atoms with Crippen LogP contribution in [0.1, 0.15) is 122 Å². The first kappa shape index (κ1) is 29.3. The summed E-state index contributed by atoms with van der Waals surface area (Å²) in [6, 6.07) is 5.96. The number of halogens is 1. The number of quaternary nitrogens is 1. The first-order valence-electron chi connectivity index (χ1n) is 13.7. The fraction of sp³-hybridized carbons (Fsp3) is 0.793. The van der Waals surface area contributed by atoms with E-state index >= 15 is 0 Å². The zero-order chi connectivity index (χ0) is 23.5. The van der Waals surface area contributed by atoms with E-state index in [4.69, 9.17) is 16.3 Å². The molecule has 0 bridgehead atoms. The predicted molar refractivity (Wildman–Crippen MR) is 143 cm³/mol. The minimum absolute atomic E-state index is 0.759. The lowest BCUT2D eigenvalue weighted by Crippen LogP contribution is -2.48. The molecule has 1 aromatic carbocycles. The number of benzene rings is 1. The molecule has 0 atom stereocenters. The summed E-state index contributed by atoms with van der Waals surface area (Å²) >= 11 is 6.12. The lowest BCUT2D eigenvalue weighted by atomic mass is 10.1. The molecule has 186 valence electrons. The van der Waals surface area contributed by atoms with Crippen LogP contribution >= 0.6 is 11.6 Å². The van der Waals surface area contributed by atoms with Crippen LogP contribution in [0, 0.1) is 6.92 Å². The Kier molecular flexibility index (Phi) is 17.1. The van der Waals surface area contributed by atoms with Crippen molar-refractivity contribution in [2.24, 2.45) is 0 Å². The molecule has 1 aromatic rings. The molecule has 0 spiro atoms. The molecule has 0 amide bonds. The Labute approximate surface area is 205 Å². The van der Waals surface area contributed by atoms with Crippen molar-refractivity contribution in [3.05, 3.63) is 28.8 Å². The fourth-order valence-corrected chi connectivity index (χ4v) is 4.72. The van der Waals surface area contributed by atoms with E-state index in [2.05, 4.69) is 27.8 Å². The molecule has 0 heterocycles. The number of nitrogens with zero attached hydrogens (tertiary/aromatic N) is 1. The third kappa shape index (κ3) is 14.4. The predicted octanol–water partition coefficient (Wildman–Crippen LogP) is 9.71. The van der Waals surface area contributed by atoms with Crippen molar-refractivity contribution in [1.29, 1.82) is 0 Å². The number of hydrogen-bond donors (Lipinski definition) is 0. The highest BCUT2D eigenvalue weighted by Gasteiger charge is 2.22. The lowest BCUT2D eigenvalue weighted by Gasteiger charge is -2.34. The Hall–Kier alpha value is -0.730. The summed E-state index contributed by atoms with van der Waals surface area (Å²) in [6.07, 6.45) is 22.0. The van der Waals surface area contributed by atoms with Gasteiger partial charge in [-0.25, -0.2) is 0 Å². The van der Waals surface area contributed by atoms with E-state index in [1.54, 1.807) is 0 Å². The van der Waals surface area contributed by atoms with E-state index in [-0.39, 0.29) is 0 Å². The SMILES string of the molecule is CCCCCCCCCC[N+](C)(CCCCCCCCCC)COc1ccc(Cl)cc1C. The average Bonchev–Trinajstić information content (AvgIpc) is 2.77. The molecule has 0 fully saturated rings. The maximum Gasteiger partial charge on any atom is 0.223 e. The second-order valence-corrected chi connectivity index (χ2v) is 10.6. The van der Waals surface area contributed by atoms with Gasteiger partial charge in [0, 0.05) is 5.02 Å². The molecule has 0 aliphatic rings. The molecule has 0 aliphatic heterocycles. The standard InChI is InChI=1S/C29H53ClNO/c1-5-7-9-11-13-15-17-19-23-31(4,24-20-18-16-14-12-10-8-6-2)26-32-29-22-21-28(30)25-27(29)3/h21-22,25H,5-20,23-24,26H2,1-4H3/q+1. The van der Waals surface area contributed by atoms with Crippen LogP contribution in [-0.2, 0) is 0 Å². The summed E-state index contributed by atoms with van der Waals surface area (Å²) < 4.78 is 7.34. The quantitative estimate of drug-likeness (QED) is 0.0994. The van der Waals surface area contributed by atoms with Crippen LogP contribution in [0.3, 0.4) is 0 Å². The van der Waals surface area contributed by atoms with Crippen LogP contribution in [0.25, 0.3) is 0 Å². The van der Waals surface area contributed by atoms with Gasteiger partial charge in [0.2, 0.25) is 6.73 Å². The number of ether oxygens (including phenoxy) is 1. The molecule has 0 saturated carbocycles. The van der Waals surface area contributed by atoms with Crippen LogP contribution < -0.4 is 4.74 Å². The highest BCUT2D eigenvalue weighted by molar-refractivity contribution is 6.30. The number of rotatable bonds is 21. The van der Waals surface area contributed by atoms with Crippen molar-refractivity contribution in [2.75, 3.05) is 26.9 Å². The van der Waals surface area contributed by atoms with Crippen molar-refractivity contribution in [3.8, 4) is 5.75 Å². The third-order valence-corrected chi connectivity index (χ3v) is 7.01. The molecule has 32 heavy (non-hydrogen) atoms. The van der Waals surface area contributed by atoms with Crippen molar-refractivity contribution >= 4 is 11.6 Å². The van der Waals surface area contributed by atoms with E-state index in [0.717, 1.165) is 27.5 Å². The molecular weight excluding hydrogens is 414 g/mol. The molecule has 1 rings (SSSR count). The van der Waals surface area contributed by atoms with Gasteiger partial charge in [0.15, 0.2) is 0 Å². The Bertz CT molecular complexity index is 554. The monoisotopic (exact) mass is 466 g/mol. The van der Waals surface area contributed by atoms with E-state index in [0.29, 0.717) is 0 Å². The minimum atomic E-state index is 0.759. The Morgan fingerprint density at radius 3 is 1.56 bits per heavy atom. The van der Waals surface area contributed by atoms with E-state index < -0.39 is 0 Å². The van der Waals surface area contributed by atoms with E-state index in [9.17, 15) is 0 Å². The largest absolute Gasteiger partial charge is 0.445 e. The van der Waals surface area contributed by atoms with Crippen LogP contribution in [0.15, 0.2) is 18.2 Å². The van der Waals surface area contributed by atoms with Gasteiger partial charge >= 0.3 is 0 Å². The minimum Gasteiger partial charge on any atom is -0.445 e. The summed E-state index contributed by atoms with van der Waals surface area (Å²) in [6.45, 7) is 9.87. The van der Waals surface area contributed by atoms with E-state index in [1.807, 2.05) is 18.2 Å². The van der Waals surface area contributed by atoms with Gasteiger partial charge in [-0.05, 0) is 56.4 Å². The molecule has 0 N–H and O–H groups in total. The van der Waals surface area contributed by atoms with Crippen molar-refractivity contribution in [2.45, 2.75) is 124 Å². The summed E-state index contributed by atoms with van der Waals surface area (Å²) in [4.78, 5) is 0. The topological polar surface area (TPSA) is 9.23 Å². The van der Waals surface area contributed by atoms with Gasteiger partial charge < -0.3 is 4.74 Å². The summed E-state index contributed by atoms with van der Waals surface area (Å²) in [5.41, 5.74) is 1.13. The van der Waals surface area contributed by atoms with Gasteiger partial charge in [-0.1, -0.05) is 102 Å². The average molecular weight is 467 g/mol. The fourth-order valence-electron chi connectivity index (χ4n) is 4.50. The van der Waals surface area contributed by atoms with Crippen LogP contribution in [0.4, 0.5) is 0 Å². The summed E-state index contributed by atoms with van der Waals surface area (Å²) in [5.74, 6) is 0.977. The summed E-state index contributed by atoms with van der Waals surface area (Å²) in [7, 11) is 2.40. The van der Waals surface area contributed by atoms with Crippen molar-refractivity contribution in [3.63, 3.8) is 0 Å². The van der Waals surface area contributed by atoms with Crippen molar-refractivity contribution < 1.29 is 9.22 Å². The second-order valence-electron chi connectivity index (χ2n) is 10.2. The maximum absolute atomic E-state index is 6.32. The van der Waals surface area contributed by atoms with Crippen LogP contribution in [-0.4, -0.2) is 31.4 Å². The van der Waals surface area contributed by atoms with Gasteiger partial charge in [0.05, 0.1) is 20.1 Å². The molecular formula is C29H53ClNO+. The third-order valence-electron chi connectivity index (χ3n) is 6.77. The first-order valence-corrected chi connectivity index (χ1v) is 14.1. The molecule has 0 unspecified atom stereocenters. The number of unbranched alkanes of at least 4 members (excludes halogenated alkanes) is 14. The van der Waals surface area contributed by atoms with Crippen LogP contribution in [0.2, 0.25) is 5.02 Å². The molecule has 0 aliphatic carbocycles. The molecule has 0 aromatic heterocycles. The normalized spacial score (nSPS) is 11.8. The van der Waals surface area contributed by atoms with Gasteiger partial charge in [-0.3, -0.25) is 4.48 Å². The van der Waals surface area contributed by atoms with Gasteiger partial charge in [0.1, 0.15) is 5.75 Å². The summed E-state index contributed by atoms with van der Waals surface area (Å²) in [5, 5.41) is 0.782. The maximum atomic E-state index is 6.32. The van der Waals surface area contributed by atoms with Crippen LogP contribution in [0.5, 0.6) is 5.75 Å². The Morgan fingerprint density at radius 1 is 0.688 bits per heavy atom. The lowest BCUT2D eigenvalue weighted by molar-refractivity contribution is -0.924. The van der Waals surface area contributed by atoms with Gasteiger partial charge in [-0.15, -0.1) is 0 Å². The zero-order valence-electron chi connectivity index (χ0n) is 21.9. The zero-order valence-corrected chi connectivity index (χ0v) is 22.7. The first-order chi connectivity index (χ1) is 15.5. The molecule has 3 heteroatoms. The van der Waals surface area contributed by atoms with Gasteiger partial charge in [0.25, 0.3) is 0 Å². The Balaban J connectivity index is 2.41. The smallest absolute Gasteiger partial charge is 0.223 e. The highest BCUT2D eigenvalue weighted by Crippen LogP contribution is 2.23. The van der Waals surface area contributed by atoms with Gasteiger partial charge in [-0.2, -0.15) is 0 Å². The number of hydrogen-bond acceptors (Lipinski definition) is 1. The Morgan fingerprint density at radius 2 is 1.12 bits per heavy atom. The molecule has 0 radical (unpaired) electrons. The second kappa shape index (κ2) is 18.7. The molecule has 2 nitrogen and oxygen atoms in total.